The molecule has 242 valence electrons. The van der Waals surface area contributed by atoms with Crippen molar-refractivity contribution < 1.29 is 38.7 Å². The van der Waals surface area contributed by atoms with Gasteiger partial charge in [-0.2, -0.15) is 0 Å². The summed E-state index contributed by atoms with van der Waals surface area (Å²) in [5.41, 5.74) is 14.8. The smallest absolute Gasteiger partial charge is 0.248 e. The fourth-order valence-corrected chi connectivity index (χ4v) is 4.60. The summed E-state index contributed by atoms with van der Waals surface area (Å²) in [5.74, 6) is -1.08. The summed E-state index contributed by atoms with van der Waals surface area (Å²) >= 11 is 0. The summed E-state index contributed by atoms with van der Waals surface area (Å²) in [6.07, 6.45) is -4.76. The average molecular weight is 629 g/mol. The van der Waals surface area contributed by atoms with E-state index in [-0.39, 0.29) is 39.6 Å². The summed E-state index contributed by atoms with van der Waals surface area (Å²) in [5, 5.41) is 22.9. The van der Waals surface area contributed by atoms with E-state index < -0.39 is 36.2 Å². The monoisotopic (exact) mass is 628 g/mol. The Morgan fingerprint density at radius 2 is 0.826 bits per heavy atom. The van der Waals surface area contributed by atoms with E-state index in [4.69, 9.17) is 30.4 Å². The van der Waals surface area contributed by atoms with Crippen LogP contribution in [-0.4, -0.2) is 59.7 Å². The fraction of sp³-hybridized carbons (Fsp3) is 0.278. The number of benzene rings is 4. The Balaban J connectivity index is 1.46. The van der Waals surface area contributed by atoms with Crippen LogP contribution in [0.3, 0.4) is 0 Å². The minimum atomic E-state index is -1.43. The molecular formula is C36H40N2O8. The number of carbonyl (C=O) groups is 2. The maximum atomic E-state index is 11.5. The molecule has 10 heteroatoms. The molecule has 0 heterocycles. The molecule has 0 fully saturated rings. The number of ether oxygens (including phenoxy) is 4. The van der Waals surface area contributed by atoms with Crippen LogP contribution in [0.1, 0.15) is 43.0 Å². The van der Waals surface area contributed by atoms with E-state index in [0.29, 0.717) is 11.1 Å². The molecule has 0 aliphatic carbocycles. The van der Waals surface area contributed by atoms with Gasteiger partial charge < -0.3 is 40.6 Å². The Kier molecular flexibility index (Phi) is 13.4. The first-order chi connectivity index (χ1) is 22.3. The molecule has 0 spiro atoms. The molecule has 0 radical (unpaired) electrons. The van der Waals surface area contributed by atoms with Gasteiger partial charge in [-0.3, -0.25) is 9.59 Å². The van der Waals surface area contributed by atoms with Gasteiger partial charge in [0.25, 0.3) is 0 Å². The number of hydrogen-bond acceptors (Lipinski definition) is 8. The molecule has 0 aliphatic rings. The molecule has 0 bridgehead atoms. The van der Waals surface area contributed by atoms with Crippen molar-refractivity contribution in [1.29, 1.82) is 0 Å². The van der Waals surface area contributed by atoms with Gasteiger partial charge in [-0.25, -0.2) is 0 Å². The van der Waals surface area contributed by atoms with Crippen LogP contribution < -0.4 is 11.5 Å². The molecule has 0 saturated carbocycles. The van der Waals surface area contributed by atoms with Gasteiger partial charge in [0.1, 0.15) is 24.4 Å². The highest BCUT2D eigenvalue weighted by molar-refractivity contribution is 5.93. The standard InChI is InChI=1S/C36H40N2O8/c37-35(41)29-15-11-27(12-16-29)21-45-31(23-43-19-25-7-3-1-4-8-25)33(39)34(40)32(24-44-20-26-9-5-2-6-10-26)46-22-28-13-17-30(18-14-28)36(38)42/h1-18,31-34,39-40H,19-24H2,(H2,37,41)(H2,38,42). The summed E-state index contributed by atoms with van der Waals surface area (Å²) in [6, 6.07) is 32.3. The molecule has 2 amide bonds. The Hall–Kier alpha value is -4.42. The molecule has 10 nitrogen and oxygen atoms in total. The van der Waals surface area contributed by atoms with Crippen molar-refractivity contribution >= 4 is 11.8 Å². The van der Waals surface area contributed by atoms with Crippen molar-refractivity contribution in [2.75, 3.05) is 13.2 Å². The van der Waals surface area contributed by atoms with Crippen LogP contribution in [0.2, 0.25) is 0 Å². The van der Waals surface area contributed by atoms with Crippen LogP contribution in [-0.2, 0) is 45.4 Å². The van der Waals surface area contributed by atoms with Gasteiger partial charge in [-0.1, -0.05) is 84.9 Å². The molecule has 4 aromatic carbocycles. The van der Waals surface area contributed by atoms with E-state index in [1.165, 1.54) is 0 Å². The summed E-state index contributed by atoms with van der Waals surface area (Å²) in [4.78, 5) is 22.9. The molecule has 4 aromatic rings. The van der Waals surface area contributed by atoms with Crippen molar-refractivity contribution in [3.63, 3.8) is 0 Å². The van der Waals surface area contributed by atoms with E-state index in [9.17, 15) is 19.8 Å². The lowest BCUT2D eigenvalue weighted by atomic mass is 10.0. The predicted molar refractivity (Wildman–Crippen MR) is 171 cm³/mol. The number of amides is 2. The Bertz CT molecular complexity index is 1370. The summed E-state index contributed by atoms with van der Waals surface area (Å²) < 4.78 is 24.0. The van der Waals surface area contributed by atoms with Gasteiger partial charge in [0.05, 0.1) is 39.6 Å². The first-order valence-electron chi connectivity index (χ1n) is 14.9. The van der Waals surface area contributed by atoms with Crippen molar-refractivity contribution in [2.24, 2.45) is 11.5 Å². The molecule has 4 unspecified atom stereocenters. The molecule has 0 saturated heterocycles. The van der Waals surface area contributed by atoms with E-state index in [1.54, 1.807) is 48.5 Å². The van der Waals surface area contributed by atoms with Crippen LogP contribution >= 0.6 is 0 Å². The molecule has 4 atom stereocenters. The third-order valence-electron chi connectivity index (χ3n) is 7.30. The molecule has 4 rings (SSSR count). The third kappa shape index (κ3) is 10.9. The van der Waals surface area contributed by atoms with Crippen LogP contribution in [0.4, 0.5) is 0 Å². The zero-order chi connectivity index (χ0) is 32.7. The lowest BCUT2D eigenvalue weighted by Crippen LogP contribution is -2.49. The third-order valence-corrected chi connectivity index (χ3v) is 7.30. The highest BCUT2D eigenvalue weighted by atomic mass is 16.6. The van der Waals surface area contributed by atoms with E-state index >= 15 is 0 Å². The predicted octanol–water partition coefficient (Wildman–Crippen LogP) is 3.51. The first kappa shape index (κ1) is 34.5. The van der Waals surface area contributed by atoms with Crippen molar-refractivity contribution in [3.05, 3.63) is 143 Å². The molecule has 0 aliphatic heterocycles. The minimum absolute atomic E-state index is 0.0291. The number of nitrogens with two attached hydrogens (primary N) is 2. The molecule has 0 aromatic heterocycles. The lowest BCUT2D eigenvalue weighted by molar-refractivity contribution is -0.170. The second-order valence-electron chi connectivity index (χ2n) is 10.8. The van der Waals surface area contributed by atoms with Gasteiger partial charge in [-0.15, -0.1) is 0 Å². The van der Waals surface area contributed by atoms with Gasteiger partial charge in [0, 0.05) is 11.1 Å². The van der Waals surface area contributed by atoms with Crippen LogP contribution in [0, 0.1) is 0 Å². The van der Waals surface area contributed by atoms with E-state index in [1.807, 2.05) is 60.7 Å². The Morgan fingerprint density at radius 1 is 0.500 bits per heavy atom. The molecular weight excluding hydrogens is 588 g/mol. The maximum absolute atomic E-state index is 11.5. The van der Waals surface area contributed by atoms with Gasteiger partial charge in [0.15, 0.2) is 0 Å². The fourth-order valence-electron chi connectivity index (χ4n) is 4.60. The number of aliphatic hydroxyl groups excluding tert-OH is 2. The highest BCUT2D eigenvalue weighted by Gasteiger charge is 2.34. The van der Waals surface area contributed by atoms with Crippen molar-refractivity contribution in [3.8, 4) is 0 Å². The Labute approximate surface area is 268 Å². The van der Waals surface area contributed by atoms with Crippen LogP contribution in [0.5, 0.6) is 0 Å². The number of primary amides is 2. The number of carbonyl (C=O) groups excluding carboxylic acids is 2. The normalized spacial score (nSPS) is 13.9. The number of hydrogen-bond donors (Lipinski definition) is 4. The Morgan fingerprint density at radius 3 is 1.15 bits per heavy atom. The zero-order valence-corrected chi connectivity index (χ0v) is 25.4. The lowest BCUT2D eigenvalue weighted by Gasteiger charge is -2.32. The second-order valence-corrected chi connectivity index (χ2v) is 10.8. The SMILES string of the molecule is NC(=O)c1ccc(COC(COCc2ccccc2)C(O)C(O)C(COCc2ccccc2)OCc2ccc(C(N)=O)cc2)cc1. The quantitative estimate of drug-likeness (QED) is 0.123. The van der Waals surface area contributed by atoms with Crippen molar-refractivity contribution in [1.82, 2.24) is 0 Å². The van der Waals surface area contributed by atoms with Gasteiger partial charge in [-0.05, 0) is 46.5 Å². The first-order valence-corrected chi connectivity index (χ1v) is 14.9. The van der Waals surface area contributed by atoms with Gasteiger partial charge in [0.2, 0.25) is 11.8 Å². The number of aliphatic hydroxyl groups is 2. The minimum Gasteiger partial charge on any atom is -0.388 e. The van der Waals surface area contributed by atoms with E-state index in [0.717, 1.165) is 22.3 Å². The topological polar surface area (TPSA) is 164 Å². The van der Waals surface area contributed by atoms with Crippen LogP contribution in [0.25, 0.3) is 0 Å². The van der Waals surface area contributed by atoms with Crippen molar-refractivity contribution in [2.45, 2.75) is 50.8 Å². The highest BCUT2D eigenvalue weighted by Crippen LogP contribution is 2.18. The van der Waals surface area contributed by atoms with Gasteiger partial charge >= 0.3 is 0 Å². The molecule has 6 N–H and O–H groups in total. The van der Waals surface area contributed by atoms with Crippen LogP contribution in [0.15, 0.2) is 109 Å². The zero-order valence-electron chi connectivity index (χ0n) is 25.4. The summed E-state index contributed by atoms with van der Waals surface area (Å²) in [7, 11) is 0. The number of rotatable bonds is 19. The summed E-state index contributed by atoms with van der Waals surface area (Å²) in [6.45, 7) is 0.642. The largest absolute Gasteiger partial charge is 0.388 e. The maximum Gasteiger partial charge on any atom is 0.248 e. The van der Waals surface area contributed by atoms with E-state index in [2.05, 4.69) is 0 Å². The molecule has 46 heavy (non-hydrogen) atoms. The average Bonchev–Trinajstić information content (AvgIpc) is 3.08. The second kappa shape index (κ2) is 17.9.